The second kappa shape index (κ2) is 18.7. The lowest BCUT2D eigenvalue weighted by molar-refractivity contribution is -0.122. The fraction of sp³-hybridized carbons (Fsp3) is 0.576. The minimum absolute atomic E-state index is 0.0246. The van der Waals surface area contributed by atoms with Gasteiger partial charge < -0.3 is 49.0 Å². The zero-order valence-electron chi connectivity index (χ0n) is 26.9. The van der Waals surface area contributed by atoms with E-state index >= 15 is 0 Å². The molecule has 4 amide bonds. The first-order valence-electron chi connectivity index (χ1n) is 16.5. The first-order valence-corrected chi connectivity index (χ1v) is 17.5. The van der Waals surface area contributed by atoms with E-state index in [0.717, 1.165) is 30.4 Å². The minimum atomic E-state index is -0.454. The molecule has 2 aliphatic heterocycles. The van der Waals surface area contributed by atoms with Gasteiger partial charge in [-0.15, -0.1) is 0 Å². The summed E-state index contributed by atoms with van der Waals surface area (Å²) in [6.07, 6.45) is 5.62. The molecule has 0 unspecified atom stereocenters. The Morgan fingerprint density at radius 1 is 0.812 bits per heavy atom. The Kier molecular flexibility index (Phi) is 13.8. The number of ether oxygens (including phenoxy) is 4. The van der Waals surface area contributed by atoms with Crippen molar-refractivity contribution in [1.29, 1.82) is 0 Å². The van der Waals surface area contributed by atoms with Crippen molar-refractivity contribution in [2.45, 2.75) is 55.9 Å². The summed E-state index contributed by atoms with van der Waals surface area (Å²) in [4.78, 5) is 47.3. The van der Waals surface area contributed by atoms with Crippen molar-refractivity contribution in [2.24, 2.45) is 0 Å². The molecule has 4 N–H and O–H groups in total. The summed E-state index contributed by atoms with van der Waals surface area (Å²) in [6, 6.07) is 6.83. The van der Waals surface area contributed by atoms with Crippen LogP contribution in [-0.4, -0.2) is 100 Å². The number of furan rings is 1. The molecule has 3 atom stereocenters. The largest absolute Gasteiger partial charge is 0.492 e. The molecule has 0 bridgehead atoms. The fourth-order valence-electron chi connectivity index (χ4n) is 5.69. The van der Waals surface area contributed by atoms with Gasteiger partial charge in [0.1, 0.15) is 16.9 Å². The summed E-state index contributed by atoms with van der Waals surface area (Å²) < 4.78 is 33.2. The highest BCUT2D eigenvalue weighted by molar-refractivity contribution is 8.00. The molecule has 0 radical (unpaired) electrons. The highest BCUT2D eigenvalue weighted by Gasteiger charge is 2.42. The van der Waals surface area contributed by atoms with Gasteiger partial charge in [0.15, 0.2) is 0 Å². The first-order chi connectivity index (χ1) is 23.5. The fourth-order valence-corrected chi connectivity index (χ4v) is 7.23. The van der Waals surface area contributed by atoms with E-state index < -0.39 is 5.63 Å². The number of thioether (sulfide) groups is 1. The van der Waals surface area contributed by atoms with Crippen LogP contribution in [0.2, 0.25) is 0 Å². The number of carbonyl (C=O) groups excluding carboxylic acids is 3. The van der Waals surface area contributed by atoms with Crippen molar-refractivity contribution in [3.8, 4) is 5.75 Å². The van der Waals surface area contributed by atoms with Crippen molar-refractivity contribution < 1.29 is 42.2 Å². The molecule has 14 nitrogen and oxygen atoms in total. The quantitative estimate of drug-likeness (QED) is 0.0693. The van der Waals surface area contributed by atoms with Crippen LogP contribution >= 0.6 is 11.8 Å². The Bertz CT molecular complexity index is 1560. The Labute approximate surface area is 282 Å². The molecule has 2 aromatic heterocycles. The molecule has 4 heterocycles. The van der Waals surface area contributed by atoms with Gasteiger partial charge in [-0.25, -0.2) is 9.59 Å². The number of carbonyl (C=O) groups is 3. The molecular weight excluding hydrogens is 644 g/mol. The molecule has 2 fully saturated rings. The normalized spacial score (nSPS) is 18.5. The molecule has 2 aliphatic rings. The van der Waals surface area contributed by atoms with E-state index in [2.05, 4.69) is 21.3 Å². The van der Waals surface area contributed by atoms with Gasteiger partial charge in [0.05, 0.1) is 75.4 Å². The van der Waals surface area contributed by atoms with Crippen molar-refractivity contribution in [2.75, 3.05) is 65.1 Å². The van der Waals surface area contributed by atoms with E-state index in [1.807, 2.05) is 11.8 Å². The van der Waals surface area contributed by atoms with E-state index in [4.69, 9.17) is 27.8 Å². The minimum Gasteiger partial charge on any atom is -0.492 e. The van der Waals surface area contributed by atoms with Crippen LogP contribution in [0, 0.1) is 0 Å². The van der Waals surface area contributed by atoms with Crippen molar-refractivity contribution in [1.82, 2.24) is 21.3 Å². The molecule has 3 aromatic rings. The Balaban J connectivity index is 0.786. The van der Waals surface area contributed by atoms with Gasteiger partial charge in [0.25, 0.3) is 0 Å². The third-order valence-corrected chi connectivity index (χ3v) is 9.57. The van der Waals surface area contributed by atoms with Gasteiger partial charge >= 0.3 is 11.7 Å². The monoisotopic (exact) mass is 688 g/mol. The third kappa shape index (κ3) is 10.6. The first kappa shape index (κ1) is 35.5. The van der Waals surface area contributed by atoms with Gasteiger partial charge in [-0.1, -0.05) is 6.42 Å². The van der Waals surface area contributed by atoms with Crippen LogP contribution in [0.15, 0.2) is 44.2 Å². The molecule has 0 saturated carbocycles. The lowest BCUT2D eigenvalue weighted by Gasteiger charge is -2.16. The molecular formula is C33H44N4O10S. The number of hydrogen-bond donors (Lipinski definition) is 4. The van der Waals surface area contributed by atoms with Crippen LogP contribution in [0.1, 0.15) is 38.5 Å². The van der Waals surface area contributed by atoms with Gasteiger partial charge in [0, 0.05) is 49.1 Å². The number of amides is 4. The van der Waals surface area contributed by atoms with Crippen molar-refractivity contribution >= 4 is 51.5 Å². The van der Waals surface area contributed by atoms with Crippen LogP contribution in [0.5, 0.6) is 5.75 Å². The second-order valence-electron chi connectivity index (χ2n) is 11.6. The molecule has 0 spiro atoms. The third-order valence-electron chi connectivity index (χ3n) is 8.07. The van der Waals surface area contributed by atoms with Crippen LogP contribution in [-0.2, 0) is 23.8 Å². The number of fused-ring (bicyclic) bond motifs is 3. The maximum Gasteiger partial charge on any atom is 0.336 e. The van der Waals surface area contributed by atoms with Gasteiger partial charge in [-0.05, 0) is 31.4 Å². The Hall–Kier alpha value is -3.79. The van der Waals surface area contributed by atoms with Crippen LogP contribution in [0.4, 0.5) is 4.79 Å². The number of urea groups is 1. The summed E-state index contributed by atoms with van der Waals surface area (Å²) >= 11 is 1.89. The highest BCUT2D eigenvalue weighted by Crippen LogP contribution is 2.35. The SMILES string of the molecule is O=C(CCCC[C@@H]1SC[C@@H]2NC(=O)N[C@@H]21)NCCOCCOCCOCCNC(=O)CCCOc1c2ccoc2cc2oc(=O)ccc12. The average molecular weight is 689 g/mol. The number of benzene rings is 1. The molecule has 5 rings (SSSR count). The van der Waals surface area contributed by atoms with Gasteiger partial charge in [-0.3, -0.25) is 9.59 Å². The van der Waals surface area contributed by atoms with Crippen LogP contribution in [0.3, 0.4) is 0 Å². The predicted molar refractivity (Wildman–Crippen MR) is 179 cm³/mol. The standard InChI is InChI=1S/C33H44N4O10S/c38-28(5-2-1-4-27-31-24(21-48-27)36-33(41)37-31)34-10-14-42-16-18-44-19-17-43-15-11-35-29(39)6-3-12-46-32-22-7-8-30(40)47-26(22)20-25-23(32)9-13-45-25/h7-9,13,20,24,27,31H,1-6,10-12,14-19,21H2,(H,34,38)(H,35,39)(H2,36,37,41)/t24-,27-,31-/m0/s1. The Morgan fingerprint density at radius 3 is 2.25 bits per heavy atom. The lowest BCUT2D eigenvalue weighted by Crippen LogP contribution is -2.36. The van der Waals surface area contributed by atoms with Crippen molar-refractivity contribution in [3.05, 3.63) is 40.9 Å². The van der Waals surface area contributed by atoms with Crippen LogP contribution in [0.25, 0.3) is 21.9 Å². The zero-order chi connectivity index (χ0) is 33.6. The van der Waals surface area contributed by atoms with Gasteiger partial charge in [-0.2, -0.15) is 11.8 Å². The van der Waals surface area contributed by atoms with Crippen molar-refractivity contribution in [3.63, 3.8) is 0 Å². The summed E-state index contributed by atoms with van der Waals surface area (Å²) in [6.45, 7) is 3.61. The maximum absolute atomic E-state index is 12.2. The highest BCUT2D eigenvalue weighted by atomic mass is 32.2. The number of hydrogen-bond acceptors (Lipinski definition) is 11. The zero-order valence-corrected chi connectivity index (χ0v) is 27.7. The average Bonchev–Trinajstić information content (AvgIpc) is 3.79. The van der Waals surface area contributed by atoms with Gasteiger partial charge in [0.2, 0.25) is 11.8 Å². The molecule has 48 heavy (non-hydrogen) atoms. The maximum atomic E-state index is 12.2. The van der Waals surface area contributed by atoms with E-state index in [1.165, 1.54) is 6.07 Å². The summed E-state index contributed by atoms with van der Waals surface area (Å²) in [7, 11) is 0. The van der Waals surface area contributed by atoms with E-state index in [1.54, 1.807) is 24.5 Å². The summed E-state index contributed by atoms with van der Waals surface area (Å²) in [5.74, 6) is 1.43. The molecule has 2 saturated heterocycles. The number of nitrogens with one attached hydrogen (secondary N) is 4. The van der Waals surface area contributed by atoms with Crippen LogP contribution < -0.4 is 31.6 Å². The van der Waals surface area contributed by atoms with E-state index in [-0.39, 0.29) is 29.9 Å². The second-order valence-corrected chi connectivity index (χ2v) is 12.8. The van der Waals surface area contributed by atoms with E-state index in [9.17, 15) is 19.2 Å². The number of unbranched alkanes of at least 4 members (excludes halogenated alkanes) is 1. The van der Waals surface area contributed by atoms with E-state index in [0.29, 0.717) is 106 Å². The smallest absolute Gasteiger partial charge is 0.336 e. The predicted octanol–water partition coefficient (Wildman–Crippen LogP) is 2.71. The Morgan fingerprint density at radius 2 is 1.50 bits per heavy atom. The molecule has 0 aliphatic carbocycles. The topological polar surface area (TPSA) is 180 Å². The molecule has 262 valence electrons. The lowest BCUT2D eigenvalue weighted by atomic mass is 10.0. The summed E-state index contributed by atoms with van der Waals surface area (Å²) in [5.41, 5.74) is 0.479. The number of rotatable bonds is 22. The molecule has 1 aromatic carbocycles. The molecule has 15 heteroatoms. The summed E-state index contributed by atoms with van der Waals surface area (Å²) in [5, 5.41) is 13.5.